The second-order valence-electron chi connectivity index (χ2n) is 10.5. The van der Waals surface area contributed by atoms with E-state index in [0.29, 0.717) is 0 Å². The topological polar surface area (TPSA) is 73.9 Å². The first-order chi connectivity index (χ1) is 13.1. The molecule has 168 valence electrons. The van der Waals surface area contributed by atoms with Crippen LogP contribution in [0.1, 0.15) is 68.2 Å². The summed E-state index contributed by atoms with van der Waals surface area (Å²) in [7, 11) is 0. The van der Waals surface area contributed by atoms with E-state index in [2.05, 4.69) is 97.9 Å². The number of rotatable bonds is 6. The second-order valence-corrected chi connectivity index (χ2v) is 11.6. The molecule has 7 nitrogen and oxygen atoms in total. The van der Waals surface area contributed by atoms with Gasteiger partial charge in [-0.3, -0.25) is 9.59 Å². The molecule has 0 bridgehead atoms. The maximum absolute atomic E-state index is 12.0. The Morgan fingerprint density at radius 1 is 0.793 bits per heavy atom. The monoisotopic (exact) mass is 538 g/mol. The summed E-state index contributed by atoms with van der Waals surface area (Å²) in [5, 5.41) is 10.9. The van der Waals surface area contributed by atoms with Crippen molar-refractivity contribution in [1.29, 1.82) is 0 Å². The minimum Gasteiger partial charge on any atom is -0.351 e. The average Bonchev–Trinajstić information content (AvgIpc) is 2.86. The Labute approximate surface area is 191 Å². The molecule has 2 heterocycles. The molecule has 29 heavy (non-hydrogen) atoms. The lowest BCUT2D eigenvalue weighted by molar-refractivity contribution is -0.409. The number of nitrogens with one attached hydrogen (secondary N) is 2. The van der Waals surface area contributed by atoms with Crippen molar-refractivity contribution in [2.45, 2.75) is 102 Å². The van der Waals surface area contributed by atoms with Gasteiger partial charge in [-0.05, 0) is 68.2 Å². The number of nitrogens with zero attached hydrogens (tertiary/aromatic N) is 2. The molecule has 2 amide bonds. The van der Waals surface area contributed by atoms with Crippen molar-refractivity contribution in [3.63, 3.8) is 0 Å². The molecule has 2 atom stereocenters. The van der Waals surface area contributed by atoms with Gasteiger partial charge >= 0.3 is 0 Å². The smallest absolute Gasteiger partial charge is 0.230 e. The van der Waals surface area contributed by atoms with Crippen LogP contribution in [0, 0.1) is 0 Å². The third-order valence-electron chi connectivity index (χ3n) is 6.34. The zero-order valence-corrected chi connectivity index (χ0v) is 22.0. The molecule has 2 aliphatic rings. The van der Waals surface area contributed by atoms with Gasteiger partial charge in [0.2, 0.25) is 11.8 Å². The van der Waals surface area contributed by atoms with E-state index >= 15 is 0 Å². The summed E-state index contributed by atoms with van der Waals surface area (Å²) in [4.78, 5) is 30.7. The van der Waals surface area contributed by atoms with E-state index < -0.39 is 11.1 Å². The van der Waals surface area contributed by atoms with Crippen LogP contribution < -0.4 is 10.6 Å². The molecule has 0 saturated carbocycles. The minimum absolute atomic E-state index is 0.0277. The lowest BCUT2D eigenvalue weighted by atomic mass is 9.94. The summed E-state index contributed by atoms with van der Waals surface area (Å²) < 4.78 is 0. The predicted octanol–water partition coefficient (Wildman–Crippen LogP) is 3.12. The van der Waals surface area contributed by atoms with E-state index in [-0.39, 0.29) is 45.6 Å². The molecule has 2 unspecified atom stereocenters. The van der Waals surface area contributed by atoms with Crippen LogP contribution in [0.4, 0.5) is 0 Å². The van der Waals surface area contributed by atoms with Gasteiger partial charge < -0.3 is 10.6 Å². The highest BCUT2D eigenvalue weighted by Crippen LogP contribution is 2.47. The molecule has 2 fully saturated rings. The summed E-state index contributed by atoms with van der Waals surface area (Å²) in [6.07, 6.45) is 1.55. The van der Waals surface area contributed by atoms with Crippen LogP contribution in [0.25, 0.3) is 0 Å². The van der Waals surface area contributed by atoms with Gasteiger partial charge in [-0.1, -0.05) is 31.9 Å². The van der Waals surface area contributed by atoms with Crippen molar-refractivity contribution in [2.75, 3.05) is 10.7 Å². The maximum Gasteiger partial charge on any atom is 0.230 e. The van der Waals surface area contributed by atoms with E-state index in [1.165, 1.54) is 0 Å². The van der Waals surface area contributed by atoms with Crippen LogP contribution >= 0.6 is 31.9 Å². The molecule has 2 saturated heterocycles. The van der Waals surface area contributed by atoms with Crippen molar-refractivity contribution >= 4 is 43.7 Å². The molecule has 0 spiro atoms. The Morgan fingerprint density at radius 2 is 1.10 bits per heavy atom. The number of alkyl halides is 2. The zero-order valence-electron chi connectivity index (χ0n) is 18.9. The summed E-state index contributed by atoms with van der Waals surface area (Å²) in [5.41, 5.74) is -1.39. The normalized spacial score (nSPS) is 30.3. The number of carbonyl (C=O) groups is 2. The quantitative estimate of drug-likeness (QED) is 0.507. The van der Waals surface area contributed by atoms with Gasteiger partial charge in [0.05, 0.1) is 33.8 Å². The van der Waals surface area contributed by atoms with Crippen molar-refractivity contribution < 1.29 is 14.5 Å². The van der Waals surface area contributed by atoms with Crippen molar-refractivity contribution in [1.82, 2.24) is 20.8 Å². The fraction of sp³-hybridized carbons (Fsp3) is 0.900. The van der Waals surface area contributed by atoms with E-state index in [0.717, 1.165) is 12.8 Å². The Kier molecular flexibility index (Phi) is 7.23. The highest BCUT2D eigenvalue weighted by atomic mass is 79.9. The molecule has 9 heteroatoms. The van der Waals surface area contributed by atoms with Gasteiger partial charge in [-0.15, -0.1) is 0 Å². The van der Waals surface area contributed by atoms with Crippen LogP contribution in [0.2, 0.25) is 0 Å². The first kappa shape index (κ1) is 25.0. The first-order valence-corrected chi connectivity index (χ1v) is 12.3. The molecule has 0 aromatic heterocycles. The Morgan fingerprint density at radius 3 is 1.38 bits per heavy atom. The second kappa shape index (κ2) is 8.37. The van der Waals surface area contributed by atoms with Gasteiger partial charge in [-0.25, -0.2) is 4.94 Å². The molecule has 0 aromatic rings. The van der Waals surface area contributed by atoms with E-state index in [1.54, 1.807) is 0 Å². The Hall–Kier alpha value is -0.220. The number of carbonyl (C=O) groups excluding carboxylic acids is 2. The first-order valence-electron chi connectivity index (χ1n) is 10.1. The molecular weight excluding hydrogens is 504 g/mol. The van der Waals surface area contributed by atoms with E-state index in [9.17, 15) is 9.59 Å². The lowest BCUT2D eigenvalue weighted by Gasteiger charge is -2.48. The predicted molar refractivity (Wildman–Crippen MR) is 122 cm³/mol. The molecule has 0 aliphatic carbocycles. The van der Waals surface area contributed by atoms with Crippen LogP contribution in [0.3, 0.4) is 0 Å². The fourth-order valence-electron chi connectivity index (χ4n) is 4.94. The Bertz CT molecular complexity index is 598. The number of hydrogen-bond acceptors (Lipinski definition) is 5. The van der Waals surface area contributed by atoms with Crippen LogP contribution in [-0.2, 0) is 14.5 Å². The standard InChI is InChI=1S/C20H36Br2N4O3/c1-17(2)9-13(23-15(27)11-21)19(5,6)25(17)29-26-18(3,4)10-14(20(26,7)8)24-16(28)12-22/h13-14H,9-12H2,1-8H3,(H,23,27)(H,24,28). The lowest BCUT2D eigenvalue weighted by Crippen LogP contribution is -2.62. The third kappa shape index (κ3) is 4.84. The SMILES string of the molecule is CC1(C)CC(NC(=O)CBr)C(C)(C)N1ON1C(C)(C)CC(NC(=O)CBr)C1(C)C. The zero-order chi connectivity index (χ0) is 22.4. The molecule has 0 aromatic carbocycles. The van der Waals surface area contributed by atoms with Crippen molar-refractivity contribution in [3.8, 4) is 0 Å². The minimum atomic E-state index is -0.412. The average molecular weight is 540 g/mol. The van der Waals surface area contributed by atoms with E-state index in [1.807, 2.05) is 10.1 Å². The van der Waals surface area contributed by atoms with Crippen molar-refractivity contribution in [3.05, 3.63) is 0 Å². The summed E-state index contributed by atoms with van der Waals surface area (Å²) in [6, 6.07) is -0.0828. The van der Waals surface area contributed by atoms with Gasteiger partial charge in [-0.2, -0.15) is 10.1 Å². The highest BCUT2D eigenvalue weighted by molar-refractivity contribution is 9.09. The molecular formula is C20H36Br2N4O3. The number of hydrogen-bond donors (Lipinski definition) is 2. The molecule has 2 N–H and O–H groups in total. The largest absolute Gasteiger partial charge is 0.351 e. The van der Waals surface area contributed by atoms with E-state index in [4.69, 9.17) is 4.94 Å². The third-order valence-corrected chi connectivity index (χ3v) is 7.35. The summed E-state index contributed by atoms with van der Waals surface area (Å²) >= 11 is 6.47. The summed E-state index contributed by atoms with van der Waals surface area (Å²) in [5.74, 6) is -0.0554. The Balaban J connectivity index is 2.30. The van der Waals surface area contributed by atoms with Gasteiger partial charge in [0.15, 0.2) is 0 Å². The summed E-state index contributed by atoms with van der Waals surface area (Å²) in [6.45, 7) is 16.9. The molecule has 2 aliphatic heterocycles. The maximum atomic E-state index is 12.0. The number of halogens is 2. The van der Waals surface area contributed by atoms with Gasteiger partial charge in [0, 0.05) is 11.1 Å². The van der Waals surface area contributed by atoms with Crippen LogP contribution in [-0.4, -0.2) is 66.8 Å². The van der Waals surface area contributed by atoms with Crippen molar-refractivity contribution in [2.24, 2.45) is 0 Å². The highest BCUT2D eigenvalue weighted by Gasteiger charge is 2.59. The van der Waals surface area contributed by atoms with Gasteiger partial charge in [0.25, 0.3) is 0 Å². The molecule has 2 rings (SSSR count). The molecule has 0 radical (unpaired) electrons. The van der Waals surface area contributed by atoms with Crippen LogP contribution in [0.15, 0.2) is 0 Å². The van der Waals surface area contributed by atoms with Gasteiger partial charge in [0.1, 0.15) is 0 Å². The number of hydroxylamine groups is 4. The fourth-order valence-corrected chi connectivity index (χ4v) is 5.27. The van der Waals surface area contributed by atoms with Crippen LogP contribution in [0.5, 0.6) is 0 Å². The number of amides is 2.